The summed E-state index contributed by atoms with van der Waals surface area (Å²) in [5.74, 6) is 0.618. The molecule has 9 nitrogen and oxygen atoms in total. The van der Waals surface area contributed by atoms with E-state index in [9.17, 15) is 9.59 Å². The minimum absolute atomic E-state index is 0.124. The van der Waals surface area contributed by atoms with Gasteiger partial charge >= 0.3 is 0 Å². The van der Waals surface area contributed by atoms with Crippen LogP contribution in [0.3, 0.4) is 0 Å². The maximum Gasteiger partial charge on any atom is 0.244 e. The van der Waals surface area contributed by atoms with E-state index in [4.69, 9.17) is 20.9 Å². The molecular formula is C20H20ClN5O4. The average Bonchev–Trinajstić information content (AvgIpc) is 3.22. The van der Waals surface area contributed by atoms with Gasteiger partial charge in [-0.2, -0.15) is 4.98 Å². The van der Waals surface area contributed by atoms with Crippen molar-refractivity contribution in [2.24, 2.45) is 0 Å². The van der Waals surface area contributed by atoms with Crippen molar-refractivity contribution >= 4 is 29.1 Å². The molecule has 2 amide bonds. The van der Waals surface area contributed by atoms with Gasteiger partial charge in [-0.1, -0.05) is 16.8 Å². The summed E-state index contributed by atoms with van der Waals surface area (Å²) in [5, 5.41) is 7.04. The molecule has 0 atom stereocenters. The SMILES string of the molecule is COc1ccc(Cl)cc1NC(=O)CN(C)C(=O)CCc1nc(-c2cccnc2)no1. The molecular weight excluding hydrogens is 410 g/mol. The summed E-state index contributed by atoms with van der Waals surface area (Å²) >= 11 is 5.96. The number of hydrogen-bond donors (Lipinski definition) is 1. The predicted octanol–water partition coefficient (Wildman–Crippen LogP) is 2.82. The van der Waals surface area contributed by atoms with Gasteiger partial charge in [-0.15, -0.1) is 0 Å². The van der Waals surface area contributed by atoms with Crippen LogP contribution in [0.2, 0.25) is 5.02 Å². The highest BCUT2D eigenvalue weighted by Gasteiger charge is 2.17. The van der Waals surface area contributed by atoms with E-state index < -0.39 is 0 Å². The molecule has 0 fully saturated rings. The van der Waals surface area contributed by atoms with Gasteiger partial charge in [0, 0.05) is 42.9 Å². The van der Waals surface area contributed by atoms with Gasteiger partial charge in [0.2, 0.25) is 23.5 Å². The molecule has 0 bridgehead atoms. The minimum Gasteiger partial charge on any atom is -0.495 e. The minimum atomic E-state index is -0.372. The maximum absolute atomic E-state index is 12.4. The summed E-state index contributed by atoms with van der Waals surface area (Å²) in [4.78, 5) is 34.2. The lowest BCUT2D eigenvalue weighted by Gasteiger charge is -2.17. The standard InChI is InChI=1S/C20H20ClN5O4/c1-26(12-17(27)23-15-10-14(21)5-6-16(15)29-2)19(28)8-7-18-24-20(25-30-18)13-4-3-9-22-11-13/h3-6,9-11H,7-8,12H2,1-2H3,(H,23,27). The zero-order valence-corrected chi connectivity index (χ0v) is 17.2. The number of ether oxygens (including phenoxy) is 1. The Balaban J connectivity index is 1.51. The Labute approximate surface area is 178 Å². The number of anilines is 1. The van der Waals surface area contributed by atoms with Crippen LogP contribution in [0, 0.1) is 0 Å². The Hall–Kier alpha value is -3.46. The lowest BCUT2D eigenvalue weighted by Crippen LogP contribution is -2.35. The van der Waals surface area contributed by atoms with Crippen LogP contribution >= 0.6 is 11.6 Å². The zero-order valence-electron chi connectivity index (χ0n) is 16.5. The van der Waals surface area contributed by atoms with Crippen molar-refractivity contribution in [3.63, 3.8) is 0 Å². The molecule has 1 N–H and O–H groups in total. The summed E-state index contributed by atoms with van der Waals surface area (Å²) in [7, 11) is 3.04. The van der Waals surface area contributed by atoms with E-state index in [2.05, 4.69) is 20.4 Å². The van der Waals surface area contributed by atoms with Gasteiger partial charge in [-0.3, -0.25) is 14.6 Å². The fourth-order valence-electron chi connectivity index (χ4n) is 2.64. The van der Waals surface area contributed by atoms with Crippen LogP contribution in [0.4, 0.5) is 5.69 Å². The van der Waals surface area contributed by atoms with Gasteiger partial charge in [-0.05, 0) is 30.3 Å². The first kappa shape index (κ1) is 21.3. The summed E-state index contributed by atoms with van der Waals surface area (Å²) in [6, 6.07) is 8.47. The van der Waals surface area contributed by atoms with Crippen molar-refractivity contribution in [3.8, 4) is 17.1 Å². The van der Waals surface area contributed by atoms with Crippen LogP contribution in [0.5, 0.6) is 5.75 Å². The summed E-state index contributed by atoms with van der Waals surface area (Å²) in [6.07, 6.45) is 3.66. The quantitative estimate of drug-likeness (QED) is 0.586. The lowest BCUT2D eigenvalue weighted by atomic mass is 10.2. The fourth-order valence-corrected chi connectivity index (χ4v) is 2.82. The fraction of sp³-hybridized carbons (Fsp3) is 0.250. The largest absolute Gasteiger partial charge is 0.495 e. The number of nitrogens with one attached hydrogen (secondary N) is 1. The van der Waals surface area contributed by atoms with E-state index in [1.807, 2.05) is 6.07 Å². The first-order valence-corrected chi connectivity index (χ1v) is 9.44. The Kier molecular flexibility index (Phi) is 6.97. The number of hydrogen-bond acceptors (Lipinski definition) is 7. The number of aryl methyl sites for hydroxylation is 1. The molecule has 156 valence electrons. The highest BCUT2D eigenvalue weighted by molar-refractivity contribution is 6.31. The molecule has 1 aromatic carbocycles. The number of methoxy groups -OCH3 is 1. The molecule has 0 aliphatic carbocycles. The molecule has 2 heterocycles. The molecule has 0 saturated carbocycles. The van der Waals surface area contributed by atoms with Crippen LogP contribution < -0.4 is 10.1 Å². The maximum atomic E-state index is 12.4. The number of nitrogens with zero attached hydrogens (tertiary/aromatic N) is 4. The van der Waals surface area contributed by atoms with Gasteiger partial charge in [-0.25, -0.2) is 0 Å². The van der Waals surface area contributed by atoms with Gasteiger partial charge in [0.05, 0.1) is 19.3 Å². The summed E-state index contributed by atoms with van der Waals surface area (Å²) in [5.41, 5.74) is 1.16. The number of amides is 2. The third kappa shape index (κ3) is 5.54. The zero-order chi connectivity index (χ0) is 21.5. The second-order valence-electron chi connectivity index (χ2n) is 6.40. The number of carbonyl (C=O) groups is 2. The monoisotopic (exact) mass is 429 g/mol. The predicted molar refractivity (Wildman–Crippen MR) is 110 cm³/mol. The number of benzene rings is 1. The number of rotatable bonds is 8. The number of pyridine rings is 1. The van der Waals surface area contributed by atoms with E-state index in [0.29, 0.717) is 28.2 Å². The summed E-state index contributed by atoms with van der Waals surface area (Å²) in [6.45, 7) is -0.126. The molecule has 0 saturated heterocycles. The topological polar surface area (TPSA) is 110 Å². The highest BCUT2D eigenvalue weighted by Crippen LogP contribution is 2.27. The van der Waals surface area contributed by atoms with Crippen LogP contribution in [-0.2, 0) is 16.0 Å². The van der Waals surface area contributed by atoms with Crippen LogP contribution in [0.1, 0.15) is 12.3 Å². The first-order chi connectivity index (χ1) is 14.5. The highest BCUT2D eigenvalue weighted by atomic mass is 35.5. The number of aromatic nitrogens is 3. The normalized spacial score (nSPS) is 10.5. The van der Waals surface area contributed by atoms with Crippen LogP contribution in [0.15, 0.2) is 47.2 Å². The van der Waals surface area contributed by atoms with Crippen molar-refractivity contribution < 1.29 is 18.8 Å². The van der Waals surface area contributed by atoms with Crippen molar-refractivity contribution in [2.45, 2.75) is 12.8 Å². The molecule has 0 radical (unpaired) electrons. The van der Waals surface area contributed by atoms with Gasteiger partial charge in [0.25, 0.3) is 0 Å². The second kappa shape index (κ2) is 9.84. The summed E-state index contributed by atoms with van der Waals surface area (Å²) < 4.78 is 10.4. The number of carbonyl (C=O) groups excluding carboxylic acids is 2. The Morgan fingerprint density at radius 1 is 1.30 bits per heavy atom. The van der Waals surface area contributed by atoms with E-state index in [-0.39, 0.29) is 31.2 Å². The Morgan fingerprint density at radius 3 is 2.87 bits per heavy atom. The number of halogens is 1. The van der Waals surface area contributed by atoms with E-state index in [1.54, 1.807) is 43.7 Å². The van der Waals surface area contributed by atoms with E-state index in [0.717, 1.165) is 5.56 Å². The molecule has 10 heteroatoms. The average molecular weight is 430 g/mol. The lowest BCUT2D eigenvalue weighted by molar-refractivity contribution is -0.133. The molecule has 3 rings (SSSR count). The smallest absolute Gasteiger partial charge is 0.244 e. The van der Waals surface area contributed by atoms with E-state index in [1.165, 1.54) is 12.0 Å². The van der Waals surface area contributed by atoms with Crippen LogP contribution in [-0.4, -0.2) is 52.5 Å². The van der Waals surface area contributed by atoms with Gasteiger partial charge in [0.15, 0.2) is 0 Å². The Morgan fingerprint density at radius 2 is 2.13 bits per heavy atom. The third-order valence-electron chi connectivity index (χ3n) is 4.18. The second-order valence-corrected chi connectivity index (χ2v) is 6.83. The van der Waals surface area contributed by atoms with Gasteiger partial charge < -0.3 is 19.5 Å². The molecule has 0 aliphatic heterocycles. The van der Waals surface area contributed by atoms with Gasteiger partial charge in [0.1, 0.15) is 5.75 Å². The Bertz CT molecular complexity index is 1030. The first-order valence-electron chi connectivity index (χ1n) is 9.06. The van der Waals surface area contributed by atoms with Crippen LogP contribution in [0.25, 0.3) is 11.4 Å². The molecule has 2 aromatic heterocycles. The molecule has 0 aliphatic rings. The van der Waals surface area contributed by atoms with Crippen molar-refractivity contribution in [1.29, 1.82) is 0 Å². The van der Waals surface area contributed by atoms with Crippen molar-refractivity contribution in [2.75, 3.05) is 26.0 Å². The molecule has 0 spiro atoms. The number of likely N-dealkylation sites (N-methyl/N-ethyl adjacent to an activating group) is 1. The molecule has 0 unspecified atom stereocenters. The molecule has 3 aromatic rings. The van der Waals surface area contributed by atoms with Crippen molar-refractivity contribution in [3.05, 3.63) is 53.6 Å². The van der Waals surface area contributed by atoms with Crippen molar-refractivity contribution in [1.82, 2.24) is 20.0 Å². The molecule has 30 heavy (non-hydrogen) atoms. The van der Waals surface area contributed by atoms with E-state index >= 15 is 0 Å². The third-order valence-corrected chi connectivity index (χ3v) is 4.42.